The van der Waals surface area contributed by atoms with E-state index >= 15 is 0 Å². The largest absolute Gasteiger partial charge is 0.421 e. The summed E-state index contributed by atoms with van der Waals surface area (Å²) in [7, 11) is 0. The lowest BCUT2D eigenvalue weighted by atomic mass is 10.3. The Morgan fingerprint density at radius 3 is 2.46 bits per heavy atom. The lowest BCUT2D eigenvalue weighted by Crippen LogP contribution is -2.04. The number of para-hydroxylation sites is 1. The van der Waals surface area contributed by atoms with E-state index < -0.39 is 6.61 Å². The third-order valence-electron chi connectivity index (χ3n) is 1.30. The van der Waals surface area contributed by atoms with Crippen LogP contribution in [0, 0.1) is 0 Å². The molecule has 0 unspecified atom stereocenters. The Morgan fingerprint density at radius 2 is 1.92 bits per heavy atom. The van der Waals surface area contributed by atoms with Crippen molar-refractivity contribution in [3.05, 3.63) is 30.3 Å². The van der Waals surface area contributed by atoms with E-state index in [1.807, 2.05) is 6.07 Å². The van der Waals surface area contributed by atoms with Crippen LogP contribution in [-0.2, 0) is 4.74 Å². The highest BCUT2D eigenvalue weighted by molar-refractivity contribution is 5.76. The molecule has 0 spiro atoms. The SMILES string of the molecule is CC(=Nc1ccccc1)OC(F)F. The van der Waals surface area contributed by atoms with Crippen LogP contribution in [0.25, 0.3) is 0 Å². The lowest BCUT2D eigenvalue weighted by molar-refractivity contribution is -0.0607. The second-order valence-electron chi connectivity index (χ2n) is 2.34. The fourth-order valence-corrected chi connectivity index (χ4v) is 0.840. The maximum atomic E-state index is 11.7. The normalized spacial score (nSPS) is 11.8. The molecule has 2 nitrogen and oxygen atoms in total. The van der Waals surface area contributed by atoms with Gasteiger partial charge in [0.05, 0.1) is 5.69 Å². The molecule has 0 fully saturated rings. The molecule has 0 amide bonds. The van der Waals surface area contributed by atoms with E-state index in [4.69, 9.17) is 0 Å². The Balaban J connectivity index is 2.66. The molecule has 0 radical (unpaired) electrons. The van der Waals surface area contributed by atoms with Gasteiger partial charge in [0.25, 0.3) is 0 Å². The molecule has 1 aromatic carbocycles. The summed E-state index contributed by atoms with van der Waals surface area (Å²) in [6.07, 6.45) is 0. The van der Waals surface area contributed by atoms with Crippen LogP contribution in [0.4, 0.5) is 14.5 Å². The lowest BCUT2D eigenvalue weighted by Gasteiger charge is -2.02. The van der Waals surface area contributed by atoms with Crippen LogP contribution >= 0.6 is 0 Å². The Labute approximate surface area is 74.9 Å². The van der Waals surface area contributed by atoms with E-state index in [0.717, 1.165) is 0 Å². The first kappa shape index (κ1) is 9.64. The van der Waals surface area contributed by atoms with Gasteiger partial charge >= 0.3 is 6.61 Å². The van der Waals surface area contributed by atoms with E-state index in [1.165, 1.54) is 6.92 Å². The Kier molecular flexibility index (Phi) is 3.37. The highest BCUT2D eigenvalue weighted by atomic mass is 19.3. The van der Waals surface area contributed by atoms with Crippen molar-refractivity contribution in [3.63, 3.8) is 0 Å². The van der Waals surface area contributed by atoms with Gasteiger partial charge in [-0.1, -0.05) is 18.2 Å². The molecule has 0 heterocycles. The quantitative estimate of drug-likeness (QED) is 0.512. The zero-order valence-corrected chi connectivity index (χ0v) is 7.08. The van der Waals surface area contributed by atoms with Gasteiger partial charge < -0.3 is 4.74 Å². The Hall–Kier alpha value is -1.45. The molecule has 0 atom stereocenters. The first-order valence-corrected chi connectivity index (χ1v) is 3.73. The first-order valence-electron chi connectivity index (χ1n) is 3.73. The minimum atomic E-state index is -2.81. The van der Waals surface area contributed by atoms with Crippen LogP contribution in [0.15, 0.2) is 35.3 Å². The number of hydrogen-bond acceptors (Lipinski definition) is 2. The van der Waals surface area contributed by atoms with Gasteiger partial charge in [-0.2, -0.15) is 8.78 Å². The number of hydrogen-bond donors (Lipinski definition) is 0. The number of aliphatic imine (C=N–C) groups is 1. The molecule has 0 saturated carbocycles. The van der Waals surface area contributed by atoms with Gasteiger partial charge in [-0.25, -0.2) is 4.99 Å². The summed E-state index contributed by atoms with van der Waals surface area (Å²) < 4.78 is 27.4. The fraction of sp³-hybridized carbons (Fsp3) is 0.222. The van der Waals surface area contributed by atoms with Gasteiger partial charge in [0.1, 0.15) is 0 Å². The molecule has 0 aliphatic rings. The zero-order chi connectivity index (χ0) is 9.68. The molecule has 0 aliphatic heterocycles. The Morgan fingerprint density at radius 1 is 1.31 bits per heavy atom. The summed E-state index contributed by atoms with van der Waals surface area (Å²) in [5, 5.41) is 0. The first-order chi connectivity index (χ1) is 6.18. The van der Waals surface area contributed by atoms with Crippen LogP contribution in [0.2, 0.25) is 0 Å². The number of halogens is 2. The Bertz CT molecular complexity index is 285. The second kappa shape index (κ2) is 4.54. The standard InChI is InChI=1S/C9H9F2NO/c1-7(13-9(10)11)12-8-5-3-2-4-6-8/h2-6,9H,1H3. The van der Waals surface area contributed by atoms with Crippen molar-refractivity contribution in [1.29, 1.82) is 0 Å². The number of alkyl halides is 2. The minimum Gasteiger partial charge on any atom is -0.421 e. The monoisotopic (exact) mass is 185 g/mol. The average molecular weight is 185 g/mol. The van der Waals surface area contributed by atoms with Crippen LogP contribution in [-0.4, -0.2) is 12.5 Å². The van der Waals surface area contributed by atoms with E-state index in [9.17, 15) is 8.78 Å². The van der Waals surface area contributed by atoms with Gasteiger partial charge in [0, 0.05) is 6.92 Å². The van der Waals surface area contributed by atoms with Gasteiger partial charge in [-0.15, -0.1) is 0 Å². The van der Waals surface area contributed by atoms with Crippen molar-refractivity contribution >= 4 is 11.6 Å². The van der Waals surface area contributed by atoms with E-state index in [0.29, 0.717) is 5.69 Å². The summed E-state index contributed by atoms with van der Waals surface area (Å²) in [5.74, 6) is -0.0406. The van der Waals surface area contributed by atoms with Crippen molar-refractivity contribution in [3.8, 4) is 0 Å². The minimum absolute atomic E-state index is 0.0406. The smallest absolute Gasteiger partial charge is 0.388 e. The van der Waals surface area contributed by atoms with Crippen molar-refractivity contribution in [1.82, 2.24) is 0 Å². The van der Waals surface area contributed by atoms with Crippen molar-refractivity contribution in [2.45, 2.75) is 13.5 Å². The molecule has 0 aliphatic carbocycles. The van der Waals surface area contributed by atoms with Gasteiger partial charge in [0.2, 0.25) is 0 Å². The predicted octanol–water partition coefficient (Wildman–Crippen LogP) is 2.98. The number of ether oxygens (including phenoxy) is 1. The maximum Gasteiger partial charge on any atom is 0.388 e. The number of nitrogens with zero attached hydrogens (tertiary/aromatic N) is 1. The maximum absolute atomic E-state index is 11.7. The van der Waals surface area contributed by atoms with Crippen molar-refractivity contribution < 1.29 is 13.5 Å². The number of rotatable bonds is 2. The average Bonchev–Trinajstić information content (AvgIpc) is 2.04. The van der Waals surface area contributed by atoms with E-state index in [2.05, 4.69) is 9.73 Å². The number of benzene rings is 1. The second-order valence-corrected chi connectivity index (χ2v) is 2.34. The van der Waals surface area contributed by atoms with Crippen molar-refractivity contribution in [2.24, 2.45) is 4.99 Å². The van der Waals surface area contributed by atoms with E-state index in [-0.39, 0.29) is 5.90 Å². The molecule has 4 heteroatoms. The summed E-state index contributed by atoms with van der Waals surface area (Å²) in [6, 6.07) is 8.78. The fourth-order valence-electron chi connectivity index (χ4n) is 0.840. The summed E-state index contributed by atoms with van der Waals surface area (Å²) in [4.78, 5) is 3.81. The molecular formula is C9H9F2NO. The highest BCUT2D eigenvalue weighted by Gasteiger charge is 2.03. The van der Waals surface area contributed by atoms with Gasteiger partial charge in [-0.05, 0) is 12.1 Å². The summed E-state index contributed by atoms with van der Waals surface area (Å²) in [5.41, 5.74) is 0.598. The molecule has 1 aromatic rings. The molecular weight excluding hydrogens is 176 g/mol. The molecule has 70 valence electrons. The summed E-state index contributed by atoms with van der Waals surface area (Å²) >= 11 is 0. The van der Waals surface area contributed by atoms with Gasteiger partial charge in [0.15, 0.2) is 5.90 Å². The van der Waals surface area contributed by atoms with Crippen LogP contribution in [0.1, 0.15) is 6.92 Å². The van der Waals surface area contributed by atoms with Crippen LogP contribution in [0.3, 0.4) is 0 Å². The van der Waals surface area contributed by atoms with Crippen LogP contribution in [0.5, 0.6) is 0 Å². The van der Waals surface area contributed by atoms with Crippen LogP contribution < -0.4 is 0 Å². The molecule has 0 N–H and O–H groups in total. The topological polar surface area (TPSA) is 21.6 Å². The highest BCUT2D eigenvalue weighted by Crippen LogP contribution is 2.11. The summed E-state index contributed by atoms with van der Waals surface area (Å²) in [6.45, 7) is -1.42. The molecule has 0 aromatic heterocycles. The molecule has 13 heavy (non-hydrogen) atoms. The van der Waals surface area contributed by atoms with Gasteiger partial charge in [-0.3, -0.25) is 0 Å². The molecule has 1 rings (SSSR count). The third-order valence-corrected chi connectivity index (χ3v) is 1.30. The van der Waals surface area contributed by atoms with E-state index in [1.54, 1.807) is 24.3 Å². The van der Waals surface area contributed by atoms with Crippen molar-refractivity contribution in [2.75, 3.05) is 0 Å². The zero-order valence-electron chi connectivity index (χ0n) is 7.08. The molecule has 0 saturated heterocycles. The third kappa shape index (κ3) is 3.64. The molecule has 0 bridgehead atoms. The predicted molar refractivity (Wildman–Crippen MR) is 46.3 cm³/mol.